The fourth-order valence-electron chi connectivity index (χ4n) is 2.12. The van der Waals surface area contributed by atoms with E-state index in [1.807, 2.05) is 0 Å². The Balaban J connectivity index is 1.57. The number of ether oxygens (including phenoxy) is 2. The molecular weight excluding hydrogens is 228 g/mol. The van der Waals surface area contributed by atoms with E-state index in [0.29, 0.717) is 19.3 Å². The summed E-state index contributed by atoms with van der Waals surface area (Å²) < 4.78 is 33.2. The van der Waals surface area contributed by atoms with Crippen LogP contribution in [-0.2, 0) is 19.3 Å². The topological polar surface area (TPSA) is 52.6 Å². The minimum atomic E-state index is -2.99. The van der Waals surface area contributed by atoms with E-state index in [1.165, 1.54) is 18.2 Å². The second-order valence-corrected chi connectivity index (χ2v) is 6.28. The zero-order valence-corrected chi connectivity index (χ0v) is 10.1. The van der Waals surface area contributed by atoms with Gasteiger partial charge in [-0.05, 0) is 18.9 Å². The number of rotatable bonds is 5. The lowest BCUT2D eigenvalue weighted by Crippen LogP contribution is -2.19. The monoisotopic (exact) mass is 246 g/mol. The third-order valence-corrected chi connectivity index (χ3v) is 4.33. The molecule has 1 atom stereocenters. The van der Waals surface area contributed by atoms with Crippen LogP contribution in [0, 0.1) is 0 Å². The first-order chi connectivity index (χ1) is 7.66. The van der Waals surface area contributed by atoms with Crippen LogP contribution in [0.2, 0.25) is 0 Å². The van der Waals surface area contributed by atoms with Crippen LogP contribution < -0.4 is 0 Å². The molecule has 0 radical (unpaired) electrons. The van der Waals surface area contributed by atoms with Crippen LogP contribution >= 0.6 is 0 Å². The molecule has 2 aliphatic rings. The third kappa shape index (κ3) is 3.57. The summed E-state index contributed by atoms with van der Waals surface area (Å²) in [6.45, 7) is 1.04. The Bertz CT molecular complexity index is 341. The van der Waals surface area contributed by atoms with E-state index in [2.05, 4.69) is 0 Å². The van der Waals surface area contributed by atoms with Gasteiger partial charge in [0.15, 0.2) is 9.84 Å². The van der Waals surface area contributed by atoms with Crippen molar-refractivity contribution in [3.05, 3.63) is 11.5 Å². The van der Waals surface area contributed by atoms with Crippen molar-refractivity contribution < 1.29 is 17.9 Å². The summed E-state index contributed by atoms with van der Waals surface area (Å²) in [7, 11) is -2.99. The summed E-state index contributed by atoms with van der Waals surface area (Å²) in [6, 6.07) is 0. The van der Waals surface area contributed by atoms with Gasteiger partial charge in [0, 0.05) is 5.41 Å². The Morgan fingerprint density at radius 3 is 2.44 bits per heavy atom. The molecule has 5 heteroatoms. The molecule has 4 nitrogen and oxygen atoms in total. The van der Waals surface area contributed by atoms with Crippen molar-refractivity contribution in [2.24, 2.45) is 0 Å². The SMILES string of the molecule is O=S1(=O)C=CC(OCCOC2CCCC2)C1. The van der Waals surface area contributed by atoms with E-state index in [-0.39, 0.29) is 11.9 Å². The van der Waals surface area contributed by atoms with Crippen LogP contribution in [0.15, 0.2) is 11.5 Å². The van der Waals surface area contributed by atoms with Crippen LogP contribution in [-0.4, -0.2) is 39.6 Å². The Morgan fingerprint density at radius 2 is 1.81 bits per heavy atom. The largest absolute Gasteiger partial charge is 0.376 e. The highest BCUT2D eigenvalue weighted by Crippen LogP contribution is 2.20. The molecule has 1 unspecified atom stereocenters. The molecule has 0 N–H and O–H groups in total. The van der Waals surface area contributed by atoms with Gasteiger partial charge in [-0.3, -0.25) is 0 Å². The second kappa shape index (κ2) is 5.29. The number of hydrogen-bond acceptors (Lipinski definition) is 4. The average Bonchev–Trinajstić information content (AvgIpc) is 2.82. The van der Waals surface area contributed by atoms with Crippen molar-refractivity contribution in [1.82, 2.24) is 0 Å². The maximum Gasteiger partial charge on any atom is 0.174 e. The van der Waals surface area contributed by atoms with Crippen molar-refractivity contribution in [2.75, 3.05) is 19.0 Å². The Labute approximate surface area is 96.5 Å². The first-order valence-electron chi connectivity index (χ1n) is 5.80. The molecule has 1 fully saturated rings. The zero-order chi connectivity index (χ0) is 11.4. The summed E-state index contributed by atoms with van der Waals surface area (Å²) >= 11 is 0. The van der Waals surface area contributed by atoms with Gasteiger partial charge in [-0.1, -0.05) is 12.8 Å². The van der Waals surface area contributed by atoms with Gasteiger partial charge in [0.2, 0.25) is 0 Å². The number of sulfone groups is 1. The smallest absolute Gasteiger partial charge is 0.174 e. The third-order valence-electron chi connectivity index (χ3n) is 2.97. The molecule has 1 saturated carbocycles. The second-order valence-electron chi connectivity index (χ2n) is 4.34. The van der Waals surface area contributed by atoms with Gasteiger partial charge in [-0.25, -0.2) is 8.42 Å². The van der Waals surface area contributed by atoms with Crippen molar-refractivity contribution in [1.29, 1.82) is 0 Å². The van der Waals surface area contributed by atoms with Crippen LogP contribution in [0.1, 0.15) is 25.7 Å². The first kappa shape index (κ1) is 12.1. The minimum Gasteiger partial charge on any atom is -0.376 e. The van der Waals surface area contributed by atoms with E-state index >= 15 is 0 Å². The lowest BCUT2D eigenvalue weighted by Gasteiger charge is -2.13. The van der Waals surface area contributed by atoms with E-state index in [1.54, 1.807) is 6.08 Å². The van der Waals surface area contributed by atoms with Gasteiger partial charge >= 0.3 is 0 Å². The van der Waals surface area contributed by atoms with Gasteiger partial charge in [-0.15, -0.1) is 0 Å². The first-order valence-corrected chi connectivity index (χ1v) is 7.51. The summed E-state index contributed by atoms with van der Waals surface area (Å²) in [6.07, 6.45) is 6.54. The van der Waals surface area contributed by atoms with Crippen molar-refractivity contribution >= 4 is 9.84 Å². The molecule has 2 rings (SSSR count). The molecule has 0 aromatic rings. The quantitative estimate of drug-likeness (QED) is 0.686. The number of hydrogen-bond donors (Lipinski definition) is 0. The van der Waals surface area contributed by atoms with E-state index in [4.69, 9.17) is 9.47 Å². The van der Waals surface area contributed by atoms with Crippen LogP contribution in [0.5, 0.6) is 0 Å². The summed E-state index contributed by atoms with van der Waals surface area (Å²) in [5, 5.41) is 1.23. The standard InChI is InChI=1S/C11H18O4S/c12-16(13)8-5-11(9-16)15-7-6-14-10-3-1-2-4-10/h5,8,10-11H,1-4,6-7,9H2. The maximum atomic E-state index is 11.1. The summed E-state index contributed by atoms with van der Waals surface area (Å²) in [5.74, 6) is 0.0798. The Morgan fingerprint density at radius 1 is 1.12 bits per heavy atom. The lowest BCUT2D eigenvalue weighted by atomic mass is 10.3. The summed E-state index contributed by atoms with van der Waals surface area (Å²) in [5.41, 5.74) is 0. The maximum absolute atomic E-state index is 11.1. The lowest BCUT2D eigenvalue weighted by molar-refractivity contribution is -0.00227. The van der Waals surface area contributed by atoms with Gasteiger partial charge in [0.05, 0.1) is 31.2 Å². The van der Waals surface area contributed by atoms with Gasteiger partial charge in [0.25, 0.3) is 0 Å². The van der Waals surface area contributed by atoms with Gasteiger partial charge in [0.1, 0.15) is 0 Å². The molecule has 0 spiro atoms. The van der Waals surface area contributed by atoms with Crippen molar-refractivity contribution in [2.45, 2.75) is 37.9 Å². The predicted octanol–water partition coefficient (Wildman–Crippen LogP) is 1.27. The normalized spacial score (nSPS) is 28.9. The van der Waals surface area contributed by atoms with Crippen molar-refractivity contribution in [3.8, 4) is 0 Å². The van der Waals surface area contributed by atoms with Gasteiger partial charge < -0.3 is 9.47 Å². The fourth-order valence-corrected chi connectivity index (χ4v) is 3.31. The molecule has 1 aliphatic heterocycles. The molecule has 0 aromatic heterocycles. The zero-order valence-electron chi connectivity index (χ0n) is 9.30. The highest BCUT2D eigenvalue weighted by molar-refractivity contribution is 7.94. The molecule has 0 amide bonds. The molecule has 0 saturated heterocycles. The van der Waals surface area contributed by atoms with Crippen LogP contribution in [0.4, 0.5) is 0 Å². The van der Waals surface area contributed by atoms with E-state index in [0.717, 1.165) is 12.8 Å². The molecule has 1 heterocycles. The van der Waals surface area contributed by atoms with E-state index in [9.17, 15) is 8.42 Å². The predicted molar refractivity (Wildman–Crippen MR) is 60.9 cm³/mol. The van der Waals surface area contributed by atoms with E-state index < -0.39 is 9.84 Å². The molecule has 1 aliphatic carbocycles. The highest BCUT2D eigenvalue weighted by Gasteiger charge is 2.22. The molecule has 0 bridgehead atoms. The molecular formula is C11H18O4S. The van der Waals surface area contributed by atoms with Crippen molar-refractivity contribution in [3.63, 3.8) is 0 Å². The minimum absolute atomic E-state index is 0.0798. The fraction of sp³-hybridized carbons (Fsp3) is 0.818. The Kier molecular flexibility index (Phi) is 4.00. The molecule has 16 heavy (non-hydrogen) atoms. The average molecular weight is 246 g/mol. The van der Waals surface area contributed by atoms with Crippen LogP contribution in [0.25, 0.3) is 0 Å². The Hall–Kier alpha value is -0.390. The van der Waals surface area contributed by atoms with Crippen LogP contribution in [0.3, 0.4) is 0 Å². The highest BCUT2D eigenvalue weighted by atomic mass is 32.2. The van der Waals surface area contributed by atoms with Gasteiger partial charge in [-0.2, -0.15) is 0 Å². The molecule has 0 aromatic carbocycles. The summed E-state index contributed by atoms with van der Waals surface area (Å²) in [4.78, 5) is 0. The molecule has 92 valence electrons.